The molecule has 0 radical (unpaired) electrons. The number of rotatable bonds is 6. The molecule has 1 rings (SSSR count). The van der Waals surface area contributed by atoms with Gasteiger partial charge in [0.1, 0.15) is 13.2 Å². The standard InChI is InChI=1S/C16H18N2O4/c1-11(7-17)9-21-15(19)13-3-5-14(6-4-13)16(20)22-10-12(2)8-18/h13-14H,1-6,9-10H2. The Hall–Kier alpha value is -2.60. The fourth-order valence-electron chi connectivity index (χ4n) is 2.18. The first-order chi connectivity index (χ1) is 10.5. The zero-order chi connectivity index (χ0) is 16.5. The number of ether oxygens (including phenoxy) is 2. The van der Waals surface area contributed by atoms with Crippen molar-refractivity contribution in [2.45, 2.75) is 25.7 Å². The van der Waals surface area contributed by atoms with Crippen molar-refractivity contribution in [1.29, 1.82) is 10.5 Å². The second-order valence-electron chi connectivity index (χ2n) is 5.19. The van der Waals surface area contributed by atoms with Crippen molar-refractivity contribution < 1.29 is 19.1 Å². The third-order valence-corrected chi connectivity index (χ3v) is 3.49. The van der Waals surface area contributed by atoms with Crippen LogP contribution in [-0.4, -0.2) is 25.2 Å². The largest absolute Gasteiger partial charge is 0.460 e. The quantitative estimate of drug-likeness (QED) is 0.549. The molecule has 1 aliphatic carbocycles. The summed E-state index contributed by atoms with van der Waals surface area (Å²) in [6.07, 6.45) is 2.15. The summed E-state index contributed by atoms with van der Waals surface area (Å²) in [4.78, 5) is 23.6. The Morgan fingerprint density at radius 2 is 1.18 bits per heavy atom. The minimum absolute atomic E-state index is 0.0897. The van der Waals surface area contributed by atoms with Crippen LogP contribution in [0.1, 0.15) is 25.7 Å². The maximum Gasteiger partial charge on any atom is 0.309 e. The van der Waals surface area contributed by atoms with Crippen molar-refractivity contribution in [2.24, 2.45) is 11.8 Å². The highest BCUT2D eigenvalue weighted by atomic mass is 16.5. The molecule has 0 aromatic heterocycles. The number of carbonyl (C=O) groups is 2. The second kappa shape index (κ2) is 8.63. The maximum absolute atomic E-state index is 11.8. The van der Waals surface area contributed by atoms with E-state index in [1.54, 1.807) is 0 Å². The van der Waals surface area contributed by atoms with Gasteiger partial charge in [-0.1, -0.05) is 13.2 Å². The van der Waals surface area contributed by atoms with Crippen LogP contribution >= 0.6 is 0 Å². The van der Waals surface area contributed by atoms with Gasteiger partial charge in [-0.25, -0.2) is 0 Å². The molecular weight excluding hydrogens is 284 g/mol. The number of nitriles is 2. The number of hydrogen-bond donors (Lipinski definition) is 0. The molecular formula is C16H18N2O4. The molecule has 1 aliphatic rings. The lowest BCUT2D eigenvalue weighted by Crippen LogP contribution is -2.28. The predicted octanol–water partition coefficient (Wildman–Crippen LogP) is 2.04. The van der Waals surface area contributed by atoms with Gasteiger partial charge in [0.25, 0.3) is 0 Å². The summed E-state index contributed by atoms with van der Waals surface area (Å²) in [6, 6.07) is 3.62. The minimum Gasteiger partial charge on any atom is -0.460 e. The molecule has 0 N–H and O–H groups in total. The highest BCUT2D eigenvalue weighted by Crippen LogP contribution is 2.30. The van der Waals surface area contributed by atoms with Gasteiger partial charge in [-0.2, -0.15) is 10.5 Å². The molecule has 0 saturated heterocycles. The molecule has 0 atom stereocenters. The van der Waals surface area contributed by atoms with E-state index in [0.717, 1.165) is 0 Å². The van der Waals surface area contributed by atoms with Crippen LogP contribution in [0.2, 0.25) is 0 Å². The van der Waals surface area contributed by atoms with Gasteiger partial charge in [0.2, 0.25) is 0 Å². The van der Waals surface area contributed by atoms with E-state index in [9.17, 15) is 9.59 Å². The number of carbonyl (C=O) groups excluding carboxylic acids is 2. The third-order valence-electron chi connectivity index (χ3n) is 3.49. The monoisotopic (exact) mass is 302 g/mol. The fourth-order valence-corrected chi connectivity index (χ4v) is 2.18. The van der Waals surface area contributed by atoms with E-state index < -0.39 is 0 Å². The van der Waals surface area contributed by atoms with Crippen molar-refractivity contribution in [2.75, 3.05) is 13.2 Å². The molecule has 0 unspecified atom stereocenters. The van der Waals surface area contributed by atoms with E-state index >= 15 is 0 Å². The Kier molecular flexibility index (Phi) is 6.85. The molecule has 0 bridgehead atoms. The summed E-state index contributed by atoms with van der Waals surface area (Å²) in [5, 5.41) is 17.1. The Morgan fingerprint density at radius 3 is 1.45 bits per heavy atom. The highest BCUT2D eigenvalue weighted by Gasteiger charge is 2.31. The highest BCUT2D eigenvalue weighted by molar-refractivity contribution is 5.75. The molecule has 0 spiro atoms. The Bertz CT molecular complexity index is 495. The Balaban J connectivity index is 2.34. The van der Waals surface area contributed by atoms with Gasteiger partial charge in [0.15, 0.2) is 0 Å². The van der Waals surface area contributed by atoms with E-state index in [4.69, 9.17) is 20.0 Å². The molecule has 116 valence electrons. The predicted molar refractivity (Wildman–Crippen MR) is 76.9 cm³/mol. The van der Waals surface area contributed by atoms with E-state index in [-0.39, 0.29) is 48.1 Å². The summed E-state index contributed by atoms with van der Waals surface area (Å²) in [5.74, 6) is -1.24. The number of nitrogens with zero attached hydrogens (tertiary/aromatic N) is 2. The van der Waals surface area contributed by atoms with Crippen LogP contribution in [0.15, 0.2) is 24.3 Å². The first kappa shape index (κ1) is 17.5. The average molecular weight is 302 g/mol. The van der Waals surface area contributed by atoms with Crippen LogP contribution in [0.25, 0.3) is 0 Å². The molecule has 6 nitrogen and oxygen atoms in total. The molecule has 0 heterocycles. The van der Waals surface area contributed by atoms with Crippen LogP contribution in [0.3, 0.4) is 0 Å². The number of hydrogen-bond acceptors (Lipinski definition) is 6. The van der Waals surface area contributed by atoms with Gasteiger partial charge in [-0.05, 0) is 25.7 Å². The van der Waals surface area contributed by atoms with Gasteiger partial charge in [-0.15, -0.1) is 0 Å². The van der Waals surface area contributed by atoms with E-state index in [2.05, 4.69) is 13.2 Å². The summed E-state index contributed by atoms with van der Waals surface area (Å²) >= 11 is 0. The first-order valence-electron chi connectivity index (χ1n) is 6.97. The average Bonchev–Trinajstić information content (AvgIpc) is 2.56. The van der Waals surface area contributed by atoms with E-state index in [1.807, 2.05) is 12.1 Å². The molecule has 0 aromatic rings. The van der Waals surface area contributed by atoms with Gasteiger partial charge >= 0.3 is 11.9 Å². The van der Waals surface area contributed by atoms with Crippen LogP contribution < -0.4 is 0 Å². The Morgan fingerprint density at radius 1 is 0.864 bits per heavy atom. The summed E-state index contributed by atoms with van der Waals surface area (Å²) in [7, 11) is 0. The fraction of sp³-hybridized carbons (Fsp3) is 0.500. The van der Waals surface area contributed by atoms with Crippen LogP contribution in [0.4, 0.5) is 0 Å². The minimum atomic E-state index is -0.360. The van der Waals surface area contributed by atoms with Crippen molar-refractivity contribution >= 4 is 11.9 Å². The van der Waals surface area contributed by atoms with Crippen LogP contribution in [0, 0.1) is 34.5 Å². The molecule has 0 aliphatic heterocycles. The van der Waals surface area contributed by atoms with E-state index in [0.29, 0.717) is 25.7 Å². The molecule has 0 aromatic carbocycles. The van der Waals surface area contributed by atoms with Gasteiger partial charge in [-0.3, -0.25) is 9.59 Å². The molecule has 1 fully saturated rings. The summed E-state index contributed by atoms with van der Waals surface area (Å²) < 4.78 is 10.00. The normalized spacial score (nSPS) is 20.1. The SMILES string of the molecule is C=C(C#N)COC(=O)C1CCC(C(=O)OCC(=C)C#N)CC1. The topological polar surface area (TPSA) is 100 Å². The molecule has 6 heteroatoms. The maximum atomic E-state index is 11.8. The number of esters is 2. The molecule has 1 saturated carbocycles. The molecule has 22 heavy (non-hydrogen) atoms. The first-order valence-corrected chi connectivity index (χ1v) is 6.97. The molecule has 0 amide bonds. The summed E-state index contributed by atoms with van der Waals surface area (Å²) in [5.41, 5.74) is 0.395. The Labute approximate surface area is 129 Å². The van der Waals surface area contributed by atoms with Gasteiger partial charge in [0.05, 0.1) is 35.1 Å². The van der Waals surface area contributed by atoms with Crippen molar-refractivity contribution in [3.8, 4) is 12.1 Å². The van der Waals surface area contributed by atoms with Crippen LogP contribution in [-0.2, 0) is 19.1 Å². The zero-order valence-corrected chi connectivity index (χ0v) is 12.3. The lowest BCUT2D eigenvalue weighted by atomic mass is 9.82. The van der Waals surface area contributed by atoms with E-state index in [1.165, 1.54) is 0 Å². The van der Waals surface area contributed by atoms with Crippen molar-refractivity contribution in [1.82, 2.24) is 0 Å². The third kappa shape index (κ3) is 5.41. The van der Waals surface area contributed by atoms with Crippen molar-refractivity contribution in [3.05, 3.63) is 24.3 Å². The van der Waals surface area contributed by atoms with Gasteiger partial charge < -0.3 is 9.47 Å². The summed E-state index contributed by atoms with van der Waals surface area (Å²) in [6.45, 7) is 6.70. The lowest BCUT2D eigenvalue weighted by Gasteiger charge is -2.25. The van der Waals surface area contributed by atoms with Gasteiger partial charge in [0, 0.05) is 0 Å². The lowest BCUT2D eigenvalue weighted by molar-refractivity contribution is -0.154. The second-order valence-corrected chi connectivity index (χ2v) is 5.19. The van der Waals surface area contributed by atoms with Crippen LogP contribution in [0.5, 0.6) is 0 Å². The zero-order valence-electron chi connectivity index (χ0n) is 12.3. The smallest absolute Gasteiger partial charge is 0.309 e. The van der Waals surface area contributed by atoms with Crippen molar-refractivity contribution in [3.63, 3.8) is 0 Å².